The van der Waals surface area contributed by atoms with E-state index in [0.29, 0.717) is 18.7 Å². The van der Waals surface area contributed by atoms with Crippen molar-refractivity contribution in [3.63, 3.8) is 0 Å². The van der Waals surface area contributed by atoms with Gasteiger partial charge in [-0.1, -0.05) is 12.1 Å². The van der Waals surface area contributed by atoms with Crippen LogP contribution in [0.2, 0.25) is 5.28 Å². The smallest absolute Gasteiger partial charge is 0.332 e. The number of halogens is 1. The molecule has 1 aromatic carbocycles. The fourth-order valence-electron chi connectivity index (χ4n) is 2.67. The molecule has 0 saturated carbocycles. The van der Waals surface area contributed by atoms with Gasteiger partial charge in [-0.3, -0.25) is 13.9 Å². The predicted molar refractivity (Wildman–Crippen MR) is 96.5 cm³/mol. The van der Waals surface area contributed by atoms with Crippen molar-refractivity contribution in [1.82, 2.24) is 18.7 Å². The van der Waals surface area contributed by atoms with Gasteiger partial charge in [-0.2, -0.15) is 10.2 Å². The summed E-state index contributed by atoms with van der Waals surface area (Å²) in [5.74, 6) is 0.646. The maximum atomic E-state index is 12.4. The average molecular weight is 374 g/mol. The van der Waals surface area contributed by atoms with Crippen molar-refractivity contribution in [2.75, 3.05) is 6.61 Å². The van der Waals surface area contributed by atoms with Gasteiger partial charge < -0.3 is 9.30 Å². The Hall–Kier alpha value is -3.05. The number of imidazole rings is 1. The fraction of sp³-hybridized carbons (Fsp3) is 0.294. The van der Waals surface area contributed by atoms with E-state index in [9.17, 15) is 9.59 Å². The van der Waals surface area contributed by atoms with E-state index in [1.807, 2.05) is 12.1 Å². The van der Waals surface area contributed by atoms with E-state index in [4.69, 9.17) is 21.6 Å². The first kappa shape index (κ1) is 17.8. The highest BCUT2D eigenvalue weighted by molar-refractivity contribution is 6.29. The van der Waals surface area contributed by atoms with Crippen molar-refractivity contribution in [3.05, 3.63) is 56.0 Å². The molecule has 8 nitrogen and oxygen atoms in total. The van der Waals surface area contributed by atoms with E-state index in [1.54, 1.807) is 12.1 Å². The molecule has 2 heterocycles. The molecule has 3 rings (SSSR count). The Labute approximate surface area is 153 Å². The van der Waals surface area contributed by atoms with Gasteiger partial charge >= 0.3 is 5.69 Å². The molecular weight excluding hydrogens is 358 g/mol. The average Bonchev–Trinajstić information content (AvgIpc) is 2.97. The molecule has 0 saturated heterocycles. The van der Waals surface area contributed by atoms with Gasteiger partial charge in [-0.15, -0.1) is 0 Å². The van der Waals surface area contributed by atoms with Crippen LogP contribution in [0.1, 0.15) is 5.56 Å². The largest absolute Gasteiger partial charge is 0.492 e. The van der Waals surface area contributed by atoms with Gasteiger partial charge in [0, 0.05) is 14.1 Å². The molecular formula is C17H16ClN5O3. The van der Waals surface area contributed by atoms with Gasteiger partial charge in [0.05, 0.1) is 19.0 Å². The Morgan fingerprint density at radius 1 is 1.19 bits per heavy atom. The minimum atomic E-state index is -0.461. The molecule has 0 fully saturated rings. The van der Waals surface area contributed by atoms with Gasteiger partial charge in [0.25, 0.3) is 5.56 Å². The molecule has 0 N–H and O–H groups in total. The third kappa shape index (κ3) is 3.09. The summed E-state index contributed by atoms with van der Waals surface area (Å²) >= 11 is 6.16. The van der Waals surface area contributed by atoms with Crippen molar-refractivity contribution < 1.29 is 4.74 Å². The molecule has 2 aromatic heterocycles. The molecule has 0 aliphatic heterocycles. The van der Waals surface area contributed by atoms with Crippen LogP contribution in [0.3, 0.4) is 0 Å². The van der Waals surface area contributed by atoms with Gasteiger partial charge in [0.1, 0.15) is 12.4 Å². The van der Waals surface area contributed by atoms with Crippen LogP contribution in [0.15, 0.2) is 33.9 Å². The topological polar surface area (TPSA) is 94.8 Å². The SMILES string of the molecule is Cn1c(=O)c2c(nc(Cl)n2CCOc2ccc(CC#N)cc2)n(C)c1=O. The predicted octanol–water partition coefficient (Wildman–Crippen LogP) is 1.23. The van der Waals surface area contributed by atoms with Crippen LogP contribution in [-0.2, 0) is 27.1 Å². The maximum Gasteiger partial charge on any atom is 0.332 e. The second kappa shape index (κ2) is 7.06. The zero-order valence-corrected chi connectivity index (χ0v) is 15.0. The molecule has 0 bridgehead atoms. The molecule has 26 heavy (non-hydrogen) atoms. The van der Waals surface area contributed by atoms with E-state index in [2.05, 4.69) is 11.1 Å². The Morgan fingerprint density at radius 2 is 1.88 bits per heavy atom. The minimum Gasteiger partial charge on any atom is -0.492 e. The third-order valence-corrected chi connectivity index (χ3v) is 4.38. The van der Waals surface area contributed by atoms with Crippen molar-refractivity contribution >= 4 is 22.8 Å². The van der Waals surface area contributed by atoms with E-state index in [0.717, 1.165) is 10.1 Å². The fourth-order valence-corrected chi connectivity index (χ4v) is 2.92. The van der Waals surface area contributed by atoms with Gasteiger partial charge in [0.15, 0.2) is 11.2 Å². The Morgan fingerprint density at radius 3 is 2.54 bits per heavy atom. The number of benzene rings is 1. The summed E-state index contributed by atoms with van der Waals surface area (Å²) in [6.45, 7) is 0.553. The first-order chi connectivity index (χ1) is 12.4. The lowest BCUT2D eigenvalue weighted by molar-refractivity contribution is 0.300. The normalized spacial score (nSPS) is 10.8. The van der Waals surface area contributed by atoms with Gasteiger partial charge in [-0.25, -0.2) is 4.79 Å². The van der Waals surface area contributed by atoms with E-state index >= 15 is 0 Å². The molecule has 0 atom stereocenters. The number of ether oxygens (including phenoxy) is 1. The number of nitriles is 1. The molecule has 0 amide bonds. The number of fused-ring (bicyclic) bond motifs is 1. The second-order valence-corrected chi connectivity index (χ2v) is 6.08. The monoisotopic (exact) mass is 373 g/mol. The molecule has 0 unspecified atom stereocenters. The van der Waals surface area contributed by atoms with Crippen molar-refractivity contribution in [2.45, 2.75) is 13.0 Å². The van der Waals surface area contributed by atoms with Crippen molar-refractivity contribution in [2.24, 2.45) is 14.1 Å². The van der Waals surface area contributed by atoms with Crippen molar-refractivity contribution in [1.29, 1.82) is 5.26 Å². The highest BCUT2D eigenvalue weighted by atomic mass is 35.5. The highest BCUT2D eigenvalue weighted by Gasteiger charge is 2.17. The summed E-state index contributed by atoms with van der Waals surface area (Å²) in [4.78, 5) is 28.5. The molecule has 0 aliphatic carbocycles. The molecule has 0 aliphatic rings. The molecule has 134 valence electrons. The minimum absolute atomic E-state index is 0.117. The summed E-state index contributed by atoms with van der Waals surface area (Å²) in [5, 5.41) is 8.79. The second-order valence-electron chi connectivity index (χ2n) is 5.74. The summed E-state index contributed by atoms with van der Waals surface area (Å²) in [6, 6.07) is 9.29. The standard InChI is InChI=1S/C17H16ClN5O3/c1-21-14-13(15(24)22(2)17(21)25)23(16(18)20-14)9-10-26-12-5-3-11(4-6-12)7-8-19/h3-6H,7,9-10H2,1-2H3. The number of rotatable bonds is 5. The van der Waals surface area contributed by atoms with Crippen LogP contribution in [0, 0.1) is 11.3 Å². The lowest BCUT2D eigenvalue weighted by atomic mass is 10.2. The first-order valence-electron chi connectivity index (χ1n) is 7.84. The van der Waals surface area contributed by atoms with Crippen molar-refractivity contribution in [3.8, 4) is 11.8 Å². The molecule has 3 aromatic rings. The Bertz CT molecular complexity index is 1120. The number of aryl methyl sites for hydroxylation is 1. The number of hydrogen-bond acceptors (Lipinski definition) is 5. The van der Waals surface area contributed by atoms with Gasteiger partial charge in [-0.05, 0) is 29.3 Å². The van der Waals surface area contributed by atoms with E-state index < -0.39 is 11.2 Å². The molecule has 9 heteroatoms. The summed E-state index contributed by atoms with van der Waals surface area (Å²) < 4.78 is 9.51. The summed E-state index contributed by atoms with van der Waals surface area (Å²) in [6.07, 6.45) is 0.346. The summed E-state index contributed by atoms with van der Waals surface area (Å²) in [7, 11) is 2.95. The van der Waals surface area contributed by atoms with E-state index in [1.165, 1.54) is 23.2 Å². The van der Waals surface area contributed by atoms with E-state index in [-0.39, 0.29) is 23.1 Å². The van der Waals surface area contributed by atoms with Crippen LogP contribution in [0.4, 0.5) is 0 Å². The molecule has 0 spiro atoms. The van der Waals surface area contributed by atoms with Crippen LogP contribution in [0.25, 0.3) is 11.2 Å². The summed E-state index contributed by atoms with van der Waals surface area (Å²) in [5.41, 5.74) is 0.491. The highest BCUT2D eigenvalue weighted by Crippen LogP contribution is 2.16. The Kier molecular flexibility index (Phi) is 4.82. The van der Waals surface area contributed by atoms with Crippen LogP contribution in [-0.4, -0.2) is 25.3 Å². The lowest BCUT2D eigenvalue weighted by Crippen LogP contribution is -2.37. The lowest BCUT2D eigenvalue weighted by Gasteiger charge is -2.09. The quantitative estimate of drug-likeness (QED) is 0.627. The van der Waals surface area contributed by atoms with Crippen LogP contribution in [0.5, 0.6) is 5.75 Å². The Balaban J connectivity index is 1.83. The van der Waals surface area contributed by atoms with Crippen LogP contribution < -0.4 is 16.0 Å². The maximum absolute atomic E-state index is 12.4. The van der Waals surface area contributed by atoms with Crippen LogP contribution >= 0.6 is 11.6 Å². The van der Waals surface area contributed by atoms with Gasteiger partial charge in [0.2, 0.25) is 5.28 Å². The third-order valence-electron chi connectivity index (χ3n) is 4.09. The number of nitrogens with zero attached hydrogens (tertiary/aromatic N) is 5. The first-order valence-corrected chi connectivity index (χ1v) is 8.22. The molecule has 0 radical (unpaired) electrons. The zero-order chi connectivity index (χ0) is 18.8. The number of aromatic nitrogens is 4. The zero-order valence-electron chi connectivity index (χ0n) is 14.3. The number of hydrogen-bond donors (Lipinski definition) is 0.